The van der Waals surface area contributed by atoms with Crippen molar-refractivity contribution >= 4 is 17.7 Å². The molecule has 0 aliphatic carbocycles. The molecule has 0 unspecified atom stereocenters. The number of amides is 1. The van der Waals surface area contributed by atoms with Gasteiger partial charge in [-0.2, -0.15) is 0 Å². The lowest BCUT2D eigenvalue weighted by Crippen LogP contribution is -2.29. The topological polar surface area (TPSA) is 51.2 Å². The number of nitrogens with one attached hydrogen (secondary N) is 1. The van der Waals surface area contributed by atoms with E-state index in [1.807, 2.05) is 42.5 Å². The summed E-state index contributed by atoms with van der Waals surface area (Å²) < 4.78 is 5.38. The molecule has 0 fully saturated rings. The summed E-state index contributed by atoms with van der Waals surface area (Å²) in [6.07, 6.45) is 2.59. The van der Waals surface area contributed by atoms with E-state index in [2.05, 4.69) is 17.2 Å². The van der Waals surface area contributed by atoms with E-state index in [-0.39, 0.29) is 11.9 Å². The van der Waals surface area contributed by atoms with E-state index >= 15 is 0 Å². The van der Waals surface area contributed by atoms with Gasteiger partial charge < -0.3 is 10.1 Å². The molecule has 0 saturated carbocycles. The molecule has 1 aromatic carbocycles. The van der Waals surface area contributed by atoms with Crippen molar-refractivity contribution in [1.29, 1.82) is 0 Å². The largest absolute Gasteiger partial charge is 0.496 e. The fourth-order valence-corrected chi connectivity index (χ4v) is 3.07. The molecule has 0 bridgehead atoms. The molecule has 0 aliphatic rings. The molecule has 0 saturated heterocycles. The highest BCUT2D eigenvalue weighted by molar-refractivity contribution is 7.99. The van der Waals surface area contributed by atoms with Crippen LogP contribution >= 0.6 is 11.8 Å². The van der Waals surface area contributed by atoms with Crippen LogP contribution in [-0.2, 0) is 10.5 Å². The number of nitrogens with zero attached hydrogens (tertiary/aromatic N) is 1. The molecular weight excluding hydrogens is 308 g/mol. The zero-order valence-electron chi connectivity index (χ0n) is 13.5. The van der Waals surface area contributed by atoms with Crippen LogP contribution in [0.3, 0.4) is 0 Å². The number of methoxy groups -OCH3 is 1. The number of carbonyl (C=O) groups excluding carboxylic acids is 1. The Morgan fingerprint density at radius 3 is 2.74 bits per heavy atom. The van der Waals surface area contributed by atoms with Crippen molar-refractivity contribution in [2.45, 2.75) is 25.1 Å². The van der Waals surface area contributed by atoms with Crippen molar-refractivity contribution in [2.75, 3.05) is 12.9 Å². The van der Waals surface area contributed by atoms with Gasteiger partial charge in [-0.15, -0.1) is 11.8 Å². The number of hydrogen-bond donors (Lipinski definition) is 1. The second-order valence-corrected chi connectivity index (χ2v) is 6.07. The maximum Gasteiger partial charge on any atom is 0.230 e. The molecular formula is C18H22N2O2S. The minimum absolute atomic E-state index is 0.0312. The third-order valence-electron chi connectivity index (χ3n) is 3.47. The molecule has 5 heteroatoms. The highest BCUT2D eigenvalue weighted by Crippen LogP contribution is 2.26. The van der Waals surface area contributed by atoms with Crippen molar-refractivity contribution in [2.24, 2.45) is 0 Å². The Kier molecular flexibility index (Phi) is 6.94. The summed E-state index contributed by atoms with van der Waals surface area (Å²) in [7, 11) is 1.65. The van der Waals surface area contributed by atoms with Crippen molar-refractivity contribution in [3.8, 4) is 5.75 Å². The lowest BCUT2D eigenvalue weighted by atomic mass is 10.0. The van der Waals surface area contributed by atoms with Gasteiger partial charge in [0.15, 0.2) is 0 Å². The Morgan fingerprint density at radius 2 is 2.04 bits per heavy atom. The van der Waals surface area contributed by atoms with E-state index in [0.717, 1.165) is 29.2 Å². The monoisotopic (exact) mass is 330 g/mol. The highest BCUT2D eigenvalue weighted by Gasteiger charge is 2.16. The van der Waals surface area contributed by atoms with Gasteiger partial charge in [-0.25, -0.2) is 0 Å². The zero-order chi connectivity index (χ0) is 16.5. The Bertz CT molecular complexity index is 619. The number of para-hydroxylation sites is 1. The van der Waals surface area contributed by atoms with Gasteiger partial charge in [0.2, 0.25) is 5.91 Å². The van der Waals surface area contributed by atoms with Crippen LogP contribution in [-0.4, -0.2) is 23.8 Å². The maximum atomic E-state index is 12.2. The molecule has 2 aromatic rings. The predicted octanol–water partition coefficient (Wildman–Crippen LogP) is 3.59. The van der Waals surface area contributed by atoms with E-state index < -0.39 is 0 Å². The summed E-state index contributed by atoms with van der Waals surface area (Å²) in [4.78, 5) is 16.4. The number of ether oxygens (including phenoxy) is 1. The molecule has 2 rings (SSSR count). The molecule has 1 N–H and O–H groups in total. The molecule has 1 heterocycles. The summed E-state index contributed by atoms with van der Waals surface area (Å²) >= 11 is 1.57. The molecule has 1 atom stereocenters. The van der Waals surface area contributed by atoms with Gasteiger partial charge in [-0.05, 0) is 24.6 Å². The smallest absolute Gasteiger partial charge is 0.230 e. The van der Waals surface area contributed by atoms with E-state index in [1.54, 1.807) is 25.1 Å². The average Bonchev–Trinajstić information content (AvgIpc) is 2.60. The third kappa shape index (κ3) is 5.28. The number of rotatable bonds is 8. The van der Waals surface area contributed by atoms with Crippen LogP contribution in [0.15, 0.2) is 48.7 Å². The van der Waals surface area contributed by atoms with E-state index in [1.165, 1.54) is 0 Å². The zero-order valence-corrected chi connectivity index (χ0v) is 14.3. The predicted molar refractivity (Wildman–Crippen MR) is 94.6 cm³/mol. The minimum atomic E-state index is -0.0332. The normalized spacial score (nSPS) is 11.7. The first-order valence-electron chi connectivity index (χ1n) is 7.64. The number of hydrogen-bond acceptors (Lipinski definition) is 4. The maximum absolute atomic E-state index is 12.2. The molecule has 0 aliphatic heterocycles. The fourth-order valence-electron chi connectivity index (χ4n) is 2.32. The number of thioether (sulfide) groups is 1. The first-order valence-corrected chi connectivity index (χ1v) is 8.80. The van der Waals surface area contributed by atoms with Crippen LogP contribution in [0.25, 0.3) is 0 Å². The lowest BCUT2D eigenvalue weighted by Gasteiger charge is -2.19. The number of benzene rings is 1. The summed E-state index contributed by atoms with van der Waals surface area (Å²) in [5.74, 6) is 1.99. The summed E-state index contributed by atoms with van der Waals surface area (Å²) in [6, 6.07) is 13.6. The van der Waals surface area contributed by atoms with Crippen LogP contribution < -0.4 is 10.1 Å². The second kappa shape index (κ2) is 9.20. The Hall–Kier alpha value is -2.01. The average molecular weight is 330 g/mol. The molecule has 4 nitrogen and oxygen atoms in total. The van der Waals surface area contributed by atoms with Gasteiger partial charge in [0.25, 0.3) is 0 Å². The number of carbonyl (C=O) groups is 1. The fraction of sp³-hybridized carbons (Fsp3) is 0.333. The first kappa shape index (κ1) is 17.3. The third-order valence-corrected chi connectivity index (χ3v) is 4.43. The van der Waals surface area contributed by atoms with Crippen LogP contribution in [0.5, 0.6) is 5.75 Å². The van der Waals surface area contributed by atoms with Crippen molar-refractivity contribution < 1.29 is 9.53 Å². The van der Waals surface area contributed by atoms with Gasteiger partial charge in [-0.1, -0.05) is 31.2 Å². The van der Waals surface area contributed by atoms with Crippen molar-refractivity contribution in [1.82, 2.24) is 10.3 Å². The quantitative estimate of drug-likeness (QED) is 0.803. The molecule has 0 spiro atoms. The Balaban J connectivity index is 1.87. The highest BCUT2D eigenvalue weighted by atomic mass is 32.2. The molecule has 23 heavy (non-hydrogen) atoms. The summed E-state index contributed by atoms with van der Waals surface area (Å²) in [6.45, 7) is 2.05. The molecule has 1 amide bonds. The van der Waals surface area contributed by atoms with Gasteiger partial charge in [0.05, 0.1) is 24.6 Å². The van der Waals surface area contributed by atoms with E-state index in [4.69, 9.17) is 4.74 Å². The van der Waals surface area contributed by atoms with Crippen molar-refractivity contribution in [3.05, 3.63) is 59.9 Å². The second-order valence-electron chi connectivity index (χ2n) is 5.08. The van der Waals surface area contributed by atoms with Gasteiger partial charge in [-0.3, -0.25) is 9.78 Å². The van der Waals surface area contributed by atoms with Crippen molar-refractivity contribution in [3.63, 3.8) is 0 Å². The number of pyridine rings is 1. The van der Waals surface area contributed by atoms with Crippen LogP contribution in [0, 0.1) is 0 Å². The Labute approximate surface area is 141 Å². The van der Waals surface area contributed by atoms with Crippen LogP contribution in [0.4, 0.5) is 0 Å². The molecule has 0 radical (unpaired) electrons. The first-order chi connectivity index (χ1) is 11.2. The van der Waals surface area contributed by atoms with Gasteiger partial charge in [0, 0.05) is 17.5 Å². The molecule has 122 valence electrons. The standard InChI is InChI=1S/C18H22N2O2S/c1-3-16(15-9-4-5-10-17(15)22-2)20-18(21)13-23-12-14-8-6-7-11-19-14/h4-11,16H,3,12-13H2,1-2H3,(H,20,21)/t16-/m0/s1. The summed E-state index contributed by atoms with van der Waals surface area (Å²) in [5, 5.41) is 3.08. The van der Waals surface area contributed by atoms with Crippen LogP contribution in [0.1, 0.15) is 30.6 Å². The van der Waals surface area contributed by atoms with E-state index in [9.17, 15) is 4.79 Å². The van der Waals surface area contributed by atoms with Gasteiger partial charge in [0.1, 0.15) is 5.75 Å². The SMILES string of the molecule is CC[C@H](NC(=O)CSCc1ccccn1)c1ccccc1OC. The van der Waals surface area contributed by atoms with Gasteiger partial charge >= 0.3 is 0 Å². The summed E-state index contributed by atoms with van der Waals surface area (Å²) in [5.41, 5.74) is 2.00. The lowest BCUT2D eigenvalue weighted by molar-refractivity contribution is -0.119. The Morgan fingerprint density at radius 1 is 1.26 bits per heavy atom. The van der Waals surface area contributed by atoms with E-state index in [0.29, 0.717) is 5.75 Å². The van der Waals surface area contributed by atoms with Crippen LogP contribution in [0.2, 0.25) is 0 Å². The molecule has 1 aromatic heterocycles. The minimum Gasteiger partial charge on any atom is -0.496 e. The number of aromatic nitrogens is 1.